The lowest BCUT2D eigenvalue weighted by Crippen LogP contribution is -2.27. The van der Waals surface area contributed by atoms with Crippen molar-refractivity contribution in [1.82, 2.24) is 9.97 Å². The number of nitrogens with two attached hydrogens (primary N) is 1. The molecule has 90 valence electrons. The van der Waals surface area contributed by atoms with Gasteiger partial charge in [0.1, 0.15) is 10.7 Å². The molecule has 2 heterocycles. The quantitative estimate of drug-likeness (QED) is 0.907. The lowest BCUT2D eigenvalue weighted by molar-refractivity contribution is 0.536. The Balaban J connectivity index is 2.45. The fourth-order valence-corrected chi connectivity index (χ4v) is 2.55. The Morgan fingerprint density at radius 3 is 2.71 bits per heavy atom. The molecule has 0 spiro atoms. The van der Waals surface area contributed by atoms with E-state index < -0.39 is 0 Å². The summed E-state index contributed by atoms with van der Waals surface area (Å²) < 4.78 is 0. The summed E-state index contributed by atoms with van der Waals surface area (Å²) in [6, 6.07) is 5.88. The third kappa shape index (κ3) is 2.37. The lowest BCUT2D eigenvalue weighted by Gasteiger charge is -2.18. The van der Waals surface area contributed by atoms with Gasteiger partial charge in [0.15, 0.2) is 0 Å². The van der Waals surface area contributed by atoms with Crippen LogP contribution in [0.25, 0.3) is 11.4 Å². The zero-order valence-electron chi connectivity index (χ0n) is 10.4. The van der Waals surface area contributed by atoms with Gasteiger partial charge in [0.25, 0.3) is 0 Å². The molecule has 0 atom stereocenters. The molecular formula is C13H17N3S. The maximum absolute atomic E-state index is 5.79. The maximum atomic E-state index is 5.79. The lowest BCUT2D eigenvalue weighted by atomic mass is 9.95. The Bertz CT molecular complexity index is 503. The molecule has 2 N–H and O–H groups in total. The van der Waals surface area contributed by atoms with Gasteiger partial charge in [-0.3, -0.25) is 4.98 Å². The first-order valence-corrected chi connectivity index (χ1v) is 6.45. The molecule has 0 radical (unpaired) electrons. The SMILES string of the molecule is Cc1sc(C(C)(C)CN)nc1-c1ccccn1. The Labute approximate surface area is 106 Å². The smallest absolute Gasteiger partial charge is 0.103 e. The normalized spacial score (nSPS) is 11.8. The molecule has 0 amide bonds. The Morgan fingerprint density at radius 1 is 1.35 bits per heavy atom. The van der Waals surface area contributed by atoms with E-state index >= 15 is 0 Å². The van der Waals surface area contributed by atoms with E-state index in [1.165, 1.54) is 4.88 Å². The van der Waals surface area contributed by atoms with Gasteiger partial charge in [-0.25, -0.2) is 4.98 Å². The molecule has 4 heteroatoms. The highest BCUT2D eigenvalue weighted by atomic mass is 32.1. The van der Waals surface area contributed by atoms with E-state index in [0.717, 1.165) is 16.4 Å². The van der Waals surface area contributed by atoms with Crippen molar-refractivity contribution >= 4 is 11.3 Å². The zero-order chi connectivity index (χ0) is 12.5. The third-order valence-corrected chi connectivity index (χ3v) is 4.13. The fourth-order valence-electron chi connectivity index (χ4n) is 1.51. The van der Waals surface area contributed by atoms with Gasteiger partial charge in [0.2, 0.25) is 0 Å². The van der Waals surface area contributed by atoms with Crippen LogP contribution in [0.1, 0.15) is 23.7 Å². The fraction of sp³-hybridized carbons (Fsp3) is 0.385. The first-order valence-electron chi connectivity index (χ1n) is 5.64. The van der Waals surface area contributed by atoms with E-state index in [-0.39, 0.29) is 5.41 Å². The average molecular weight is 247 g/mol. The first-order chi connectivity index (χ1) is 8.04. The van der Waals surface area contributed by atoms with Crippen LogP contribution in [0.15, 0.2) is 24.4 Å². The minimum Gasteiger partial charge on any atom is -0.330 e. The van der Waals surface area contributed by atoms with Crippen LogP contribution in [0.4, 0.5) is 0 Å². The standard InChI is InChI=1S/C13H17N3S/c1-9-11(10-6-4-5-7-15-10)16-12(17-9)13(2,3)8-14/h4-7H,8,14H2,1-3H3. The number of hydrogen-bond donors (Lipinski definition) is 1. The van der Waals surface area contributed by atoms with E-state index in [2.05, 4.69) is 25.8 Å². The molecule has 0 aliphatic heterocycles. The van der Waals surface area contributed by atoms with Gasteiger partial charge in [0, 0.05) is 23.0 Å². The van der Waals surface area contributed by atoms with Crippen LogP contribution in [0.5, 0.6) is 0 Å². The molecule has 0 bridgehead atoms. The highest BCUT2D eigenvalue weighted by Crippen LogP contribution is 2.32. The molecule has 0 aliphatic rings. The number of pyridine rings is 1. The number of aryl methyl sites for hydroxylation is 1. The summed E-state index contributed by atoms with van der Waals surface area (Å²) in [4.78, 5) is 10.2. The van der Waals surface area contributed by atoms with Gasteiger partial charge in [-0.15, -0.1) is 11.3 Å². The summed E-state index contributed by atoms with van der Waals surface area (Å²) in [7, 11) is 0. The van der Waals surface area contributed by atoms with E-state index in [4.69, 9.17) is 10.7 Å². The van der Waals surface area contributed by atoms with Crippen molar-refractivity contribution in [3.63, 3.8) is 0 Å². The largest absolute Gasteiger partial charge is 0.330 e. The summed E-state index contributed by atoms with van der Waals surface area (Å²) in [5.74, 6) is 0. The molecular weight excluding hydrogens is 230 g/mol. The summed E-state index contributed by atoms with van der Waals surface area (Å²) in [6.45, 7) is 6.92. The number of hydrogen-bond acceptors (Lipinski definition) is 4. The van der Waals surface area contributed by atoms with Crippen molar-refractivity contribution in [3.8, 4) is 11.4 Å². The van der Waals surface area contributed by atoms with E-state index in [0.29, 0.717) is 6.54 Å². The number of rotatable bonds is 3. The maximum Gasteiger partial charge on any atom is 0.103 e. The van der Waals surface area contributed by atoms with Crippen molar-refractivity contribution in [2.75, 3.05) is 6.54 Å². The minimum absolute atomic E-state index is 0.0670. The van der Waals surface area contributed by atoms with Crippen molar-refractivity contribution < 1.29 is 0 Å². The molecule has 2 aromatic rings. The number of nitrogens with zero attached hydrogens (tertiary/aromatic N) is 2. The molecule has 0 saturated carbocycles. The van der Waals surface area contributed by atoms with Gasteiger partial charge in [0.05, 0.1) is 5.69 Å². The number of thiazole rings is 1. The van der Waals surface area contributed by atoms with Gasteiger partial charge >= 0.3 is 0 Å². The Kier molecular flexibility index (Phi) is 3.26. The van der Waals surface area contributed by atoms with Gasteiger partial charge in [-0.05, 0) is 19.1 Å². The predicted octanol–water partition coefficient (Wildman–Crippen LogP) is 2.75. The van der Waals surface area contributed by atoms with Gasteiger partial charge < -0.3 is 5.73 Å². The molecule has 17 heavy (non-hydrogen) atoms. The van der Waals surface area contributed by atoms with Crippen molar-refractivity contribution in [2.24, 2.45) is 5.73 Å². The second-order valence-corrected chi connectivity index (χ2v) is 5.93. The van der Waals surface area contributed by atoms with Crippen LogP contribution >= 0.6 is 11.3 Å². The van der Waals surface area contributed by atoms with Crippen LogP contribution in [0.2, 0.25) is 0 Å². The van der Waals surface area contributed by atoms with Crippen LogP contribution in [-0.2, 0) is 5.41 Å². The van der Waals surface area contributed by atoms with Crippen LogP contribution < -0.4 is 5.73 Å². The van der Waals surface area contributed by atoms with Crippen LogP contribution in [0, 0.1) is 6.92 Å². The van der Waals surface area contributed by atoms with Gasteiger partial charge in [-0.1, -0.05) is 19.9 Å². The van der Waals surface area contributed by atoms with E-state index in [1.54, 1.807) is 17.5 Å². The summed E-state index contributed by atoms with van der Waals surface area (Å²) in [5, 5.41) is 1.08. The minimum atomic E-state index is -0.0670. The molecule has 0 fully saturated rings. The highest BCUT2D eigenvalue weighted by Gasteiger charge is 2.24. The monoisotopic (exact) mass is 247 g/mol. The summed E-state index contributed by atoms with van der Waals surface area (Å²) >= 11 is 1.71. The summed E-state index contributed by atoms with van der Waals surface area (Å²) in [6.07, 6.45) is 1.79. The number of aromatic nitrogens is 2. The molecule has 3 nitrogen and oxygen atoms in total. The molecule has 0 unspecified atom stereocenters. The average Bonchev–Trinajstić information content (AvgIpc) is 2.73. The Hall–Kier alpha value is -1.26. The van der Waals surface area contributed by atoms with E-state index in [9.17, 15) is 0 Å². The summed E-state index contributed by atoms with van der Waals surface area (Å²) in [5.41, 5.74) is 7.63. The van der Waals surface area contributed by atoms with Crippen molar-refractivity contribution in [1.29, 1.82) is 0 Å². The van der Waals surface area contributed by atoms with Crippen LogP contribution in [0.3, 0.4) is 0 Å². The molecule has 0 saturated heterocycles. The molecule has 2 rings (SSSR count). The molecule has 0 aliphatic carbocycles. The highest BCUT2D eigenvalue weighted by molar-refractivity contribution is 7.12. The second-order valence-electron chi connectivity index (χ2n) is 4.73. The first kappa shape index (κ1) is 12.2. The predicted molar refractivity (Wildman–Crippen MR) is 72.2 cm³/mol. The molecule has 2 aromatic heterocycles. The van der Waals surface area contributed by atoms with Crippen molar-refractivity contribution in [2.45, 2.75) is 26.2 Å². The third-order valence-electron chi connectivity index (χ3n) is 2.79. The topological polar surface area (TPSA) is 51.8 Å². The Morgan fingerprint density at radius 2 is 2.12 bits per heavy atom. The van der Waals surface area contributed by atoms with E-state index in [1.807, 2.05) is 18.2 Å². The van der Waals surface area contributed by atoms with Crippen LogP contribution in [-0.4, -0.2) is 16.5 Å². The second kappa shape index (κ2) is 4.55. The van der Waals surface area contributed by atoms with Crippen molar-refractivity contribution in [3.05, 3.63) is 34.3 Å². The molecule has 0 aromatic carbocycles. The zero-order valence-corrected chi connectivity index (χ0v) is 11.2. The van der Waals surface area contributed by atoms with Gasteiger partial charge in [-0.2, -0.15) is 0 Å².